The molecule has 7 nitrogen and oxygen atoms in total. The van der Waals surface area contributed by atoms with E-state index in [1.165, 1.54) is 6.26 Å². The molecule has 0 aliphatic heterocycles. The number of anilines is 2. The summed E-state index contributed by atoms with van der Waals surface area (Å²) in [6, 6.07) is 7.99. The van der Waals surface area contributed by atoms with Crippen molar-refractivity contribution >= 4 is 34.8 Å². The Morgan fingerprint density at radius 3 is 2.75 bits per heavy atom. The van der Waals surface area contributed by atoms with Crippen LogP contribution >= 0.6 is 11.6 Å². The molecule has 0 spiro atoms. The number of halogens is 1. The maximum absolute atomic E-state index is 11.9. The number of nitrogens with one attached hydrogen (secondary N) is 3. The number of rotatable bonds is 8. The molecule has 1 aromatic heterocycles. The van der Waals surface area contributed by atoms with Crippen LogP contribution in [0.4, 0.5) is 11.4 Å². The molecule has 2 rings (SSSR count). The number of hydrogen-bond acceptors (Lipinski definition) is 5. The molecule has 0 radical (unpaired) electrons. The van der Waals surface area contributed by atoms with Gasteiger partial charge in [-0.1, -0.05) is 11.6 Å². The van der Waals surface area contributed by atoms with E-state index in [9.17, 15) is 9.59 Å². The molecular formula is C16H18ClN3O4. The summed E-state index contributed by atoms with van der Waals surface area (Å²) >= 11 is 6.14. The minimum atomic E-state index is -0.402. The number of methoxy groups -OCH3 is 1. The average molecular weight is 352 g/mol. The second kappa shape index (κ2) is 9.07. The van der Waals surface area contributed by atoms with Crippen molar-refractivity contribution in [2.24, 2.45) is 0 Å². The highest BCUT2D eigenvalue weighted by Gasteiger charge is 2.11. The Labute approximate surface area is 144 Å². The van der Waals surface area contributed by atoms with Crippen molar-refractivity contribution in [3.63, 3.8) is 0 Å². The van der Waals surface area contributed by atoms with Crippen molar-refractivity contribution in [1.82, 2.24) is 5.32 Å². The topological polar surface area (TPSA) is 92.6 Å². The lowest BCUT2D eigenvalue weighted by atomic mass is 10.2. The van der Waals surface area contributed by atoms with Gasteiger partial charge in [0, 0.05) is 19.3 Å². The Hall–Kier alpha value is -2.35. The zero-order chi connectivity index (χ0) is 17.4. The number of carbonyl (C=O) groups is 2. The lowest BCUT2D eigenvalue weighted by Crippen LogP contribution is -2.30. The van der Waals surface area contributed by atoms with Gasteiger partial charge < -0.3 is 25.1 Å². The van der Waals surface area contributed by atoms with Gasteiger partial charge in [-0.05, 0) is 30.3 Å². The van der Waals surface area contributed by atoms with Gasteiger partial charge in [0.1, 0.15) is 0 Å². The van der Waals surface area contributed by atoms with E-state index in [0.29, 0.717) is 29.5 Å². The molecule has 2 amide bonds. The number of amides is 2. The molecule has 1 heterocycles. The molecule has 0 aliphatic rings. The quantitative estimate of drug-likeness (QED) is 0.635. The van der Waals surface area contributed by atoms with Crippen molar-refractivity contribution in [3.8, 4) is 0 Å². The van der Waals surface area contributed by atoms with Crippen LogP contribution in [0, 0.1) is 0 Å². The number of hydrogen-bond donors (Lipinski definition) is 3. The van der Waals surface area contributed by atoms with Crippen LogP contribution in [0.25, 0.3) is 0 Å². The third-order valence-electron chi connectivity index (χ3n) is 3.01. The third-order valence-corrected chi connectivity index (χ3v) is 3.33. The molecule has 8 heteroatoms. The van der Waals surface area contributed by atoms with E-state index >= 15 is 0 Å². The van der Waals surface area contributed by atoms with E-state index in [4.69, 9.17) is 20.8 Å². The lowest BCUT2D eigenvalue weighted by molar-refractivity contribution is -0.115. The fourth-order valence-electron chi connectivity index (χ4n) is 1.87. The van der Waals surface area contributed by atoms with Crippen LogP contribution in [0.5, 0.6) is 0 Å². The maximum atomic E-state index is 11.9. The molecule has 0 aliphatic carbocycles. The number of benzene rings is 1. The van der Waals surface area contributed by atoms with E-state index in [2.05, 4.69) is 16.0 Å². The van der Waals surface area contributed by atoms with Crippen LogP contribution in [0.2, 0.25) is 5.02 Å². The van der Waals surface area contributed by atoms with Gasteiger partial charge >= 0.3 is 0 Å². The molecule has 0 fully saturated rings. The Morgan fingerprint density at radius 2 is 2.08 bits per heavy atom. The molecule has 0 unspecified atom stereocenters. The van der Waals surface area contributed by atoms with Crippen LogP contribution in [-0.4, -0.2) is 38.6 Å². The van der Waals surface area contributed by atoms with Crippen molar-refractivity contribution in [3.05, 3.63) is 47.4 Å². The van der Waals surface area contributed by atoms with Crippen molar-refractivity contribution in [2.75, 3.05) is 37.4 Å². The summed E-state index contributed by atoms with van der Waals surface area (Å²) in [6.45, 7) is 1.28. The first-order valence-electron chi connectivity index (χ1n) is 7.24. The minimum absolute atomic E-state index is 0.165. The normalized spacial score (nSPS) is 10.4. The van der Waals surface area contributed by atoms with Gasteiger partial charge in [0.2, 0.25) is 5.91 Å². The third kappa shape index (κ3) is 5.38. The van der Waals surface area contributed by atoms with E-state index in [1.807, 2.05) is 0 Å². The van der Waals surface area contributed by atoms with Crippen LogP contribution < -0.4 is 16.0 Å². The first-order chi connectivity index (χ1) is 11.6. The molecule has 0 saturated carbocycles. The SMILES string of the molecule is COCCNCC(=O)Nc1ccc(NC(=O)c2ccco2)c(Cl)c1. The second-order valence-corrected chi connectivity index (χ2v) is 5.25. The lowest BCUT2D eigenvalue weighted by Gasteiger charge is -2.10. The highest BCUT2D eigenvalue weighted by molar-refractivity contribution is 6.34. The van der Waals surface area contributed by atoms with Crippen LogP contribution in [0.3, 0.4) is 0 Å². The van der Waals surface area contributed by atoms with Gasteiger partial charge in [-0.2, -0.15) is 0 Å². The standard InChI is InChI=1S/C16H18ClN3O4/c1-23-8-6-18-10-15(21)19-11-4-5-13(12(17)9-11)20-16(22)14-3-2-7-24-14/h2-5,7,9,18H,6,8,10H2,1H3,(H,19,21)(H,20,22). The van der Waals surface area contributed by atoms with Crippen molar-refractivity contribution in [2.45, 2.75) is 0 Å². The average Bonchev–Trinajstić information content (AvgIpc) is 3.09. The predicted molar refractivity (Wildman–Crippen MR) is 91.5 cm³/mol. The van der Waals surface area contributed by atoms with Crippen LogP contribution in [0.15, 0.2) is 41.0 Å². The van der Waals surface area contributed by atoms with Gasteiger partial charge in [-0.3, -0.25) is 9.59 Å². The summed E-state index contributed by atoms with van der Waals surface area (Å²) in [5.74, 6) is -0.416. The number of carbonyl (C=O) groups excluding carboxylic acids is 2. The number of ether oxygens (including phenoxy) is 1. The Morgan fingerprint density at radius 1 is 1.25 bits per heavy atom. The van der Waals surface area contributed by atoms with Gasteiger partial charge in [0.05, 0.1) is 30.1 Å². The second-order valence-electron chi connectivity index (χ2n) is 4.84. The largest absolute Gasteiger partial charge is 0.459 e. The van der Waals surface area contributed by atoms with E-state index in [-0.39, 0.29) is 18.2 Å². The fraction of sp³-hybridized carbons (Fsp3) is 0.250. The summed E-state index contributed by atoms with van der Waals surface area (Å²) in [5, 5.41) is 8.59. The van der Waals surface area contributed by atoms with Crippen LogP contribution in [-0.2, 0) is 9.53 Å². The highest BCUT2D eigenvalue weighted by atomic mass is 35.5. The zero-order valence-corrected chi connectivity index (χ0v) is 13.9. The predicted octanol–water partition coefficient (Wildman–Crippen LogP) is 2.36. The summed E-state index contributed by atoms with van der Waals surface area (Å²) in [6.07, 6.45) is 1.41. The van der Waals surface area contributed by atoms with Gasteiger partial charge in [-0.15, -0.1) is 0 Å². The molecular weight excluding hydrogens is 334 g/mol. The summed E-state index contributed by atoms with van der Waals surface area (Å²) in [5.41, 5.74) is 0.962. The highest BCUT2D eigenvalue weighted by Crippen LogP contribution is 2.26. The molecule has 24 heavy (non-hydrogen) atoms. The zero-order valence-electron chi connectivity index (χ0n) is 13.1. The maximum Gasteiger partial charge on any atom is 0.291 e. The van der Waals surface area contributed by atoms with Crippen molar-refractivity contribution < 1.29 is 18.7 Å². The first kappa shape index (κ1) is 18.0. The van der Waals surface area contributed by atoms with Gasteiger partial charge in [-0.25, -0.2) is 0 Å². The molecule has 128 valence electrons. The molecule has 0 atom stereocenters. The summed E-state index contributed by atoms with van der Waals surface area (Å²) in [4.78, 5) is 23.7. The molecule has 1 aromatic carbocycles. The van der Waals surface area contributed by atoms with Gasteiger partial charge in [0.25, 0.3) is 5.91 Å². The van der Waals surface area contributed by atoms with Crippen LogP contribution in [0.1, 0.15) is 10.6 Å². The minimum Gasteiger partial charge on any atom is -0.459 e. The summed E-state index contributed by atoms with van der Waals surface area (Å²) < 4.78 is 9.89. The number of furan rings is 1. The first-order valence-corrected chi connectivity index (χ1v) is 7.62. The smallest absolute Gasteiger partial charge is 0.291 e. The molecule has 0 bridgehead atoms. The summed E-state index contributed by atoms with van der Waals surface area (Å²) in [7, 11) is 1.59. The molecule has 0 saturated heterocycles. The van der Waals surface area contributed by atoms with E-state index in [1.54, 1.807) is 37.4 Å². The van der Waals surface area contributed by atoms with Crippen molar-refractivity contribution in [1.29, 1.82) is 0 Å². The van der Waals surface area contributed by atoms with Gasteiger partial charge in [0.15, 0.2) is 5.76 Å². The Bertz CT molecular complexity index is 689. The molecule has 3 N–H and O–H groups in total. The Balaban J connectivity index is 1.89. The van der Waals surface area contributed by atoms with E-state index in [0.717, 1.165) is 0 Å². The molecule has 2 aromatic rings. The fourth-order valence-corrected chi connectivity index (χ4v) is 2.10. The Kier molecular flexibility index (Phi) is 6.80. The monoisotopic (exact) mass is 351 g/mol. The van der Waals surface area contributed by atoms with E-state index < -0.39 is 5.91 Å².